The molecule has 0 bridgehead atoms. The van der Waals surface area contributed by atoms with Crippen molar-refractivity contribution < 1.29 is 4.74 Å². The fraction of sp³-hybridized carbons (Fsp3) is 0.444. The third-order valence-corrected chi connectivity index (χ3v) is 2.65. The number of aromatic nitrogens is 1. The topological polar surface area (TPSA) is 34.1 Å². The van der Waals surface area contributed by atoms with Crippen LogP contribution in [0.25, 0.3) is 0 Å². The number of pyridine rings is 1. The van der Waals surface area contributed by atoms with Crippen LogP contribution in [0, 0.1) is 0 Å². The highest BCUT2D eigenvalue weighted by atomic mass is 35.5. The maximum Gasteiger partial charge on any atom is 0.150 e. The van der Waals surface area contributed by atoms with E-state index >= 15 is 0 Å². The minimum absolute atomic E-state index is 0.0947. The summed E-state index contributed by atoms with van der Waals surface area (Å²) in [7, 11) is 1.63. The lowest BCUT2D eigenvalue weighted by molar-refractivity contribution is 0.190. The van der Waals surface area contributed by atoms with Gasteiger partial charge in [-0.2, -0.15) is 0 Å². The van der Waals surface area contributed by atoms with Crippen molar-refractivity contribution in [3.05, 3.63) is 21.3 Å². The van der Waals surface area contributed by atoms with Crippen LogP contribution in [0.3, 0.4) is 0 Å². The first-order chi connectivity index (χ1) is 7.04. The van der Waals surface area contributed by atoms with E-state index in [1.54, 1.807) is 13.2 Å². The summed E-state index contributed by atoms with van der Waals surface area (Å²) in [6, 6.07) is 1.65. The number of hydrogen-bond donors (Lipinski definition) is 1. The molecule has 3 nitrogen and oxygen atoms in total. The zero-order valence-corrected chi connectivity index (χ0v) is 10.6. The number of methoxy groups -OCH3 is 1. The molecule has 0 radical (unpaired) electrons. The molecular formula is C9H11Cl3N2O. The molecule has 0 aliphatic rings. The van der Waals surface area contributed by atoms with Crippen LogP contribution >= 0.6 is 34.8 Å². The predicted molar refractivity (Wildman–Crippen MR) is 64.2 cm³/mol. The molecule has 0 aliphatic heterocycles. The Hall–Kier alpha value is -0.220. The van der Waals surface area contributed by atoms with Gasteiger partial charge in [0, 0.05) is 13.2 Å². The van der Waals surface area contributed by atoms with E-state index in [1.165, 1.54) is 0 Å². The molecule has 1 heterocycles. The Morgan fingerprint density at radius 1 is 1.40 bits per heavy atom. The van der Waals surface area contributed by atoms with Gasteiger partial charge in [0.05, 0.1) is 16.7 Å². The monoisotopic (exact) mass is 268 g/mol. The van der Waals surface area contributed by atoms with Gasteiger partial charge in [0.2, 0.25) is 0 Å². The summed E-state index contributed by atoms with van der Waals surface area (Å²) in [5.74, 6) is 0.510. The van der Waals surface area contributed by atoms with Gasteiger partial charge in [0.1, 0.15) is 11.0 Å². The summed E-state index contributed by atoms with van der Waals surface area (Å²) in [6.07, 6.45) is 0. The summed E-state index contributed by atoms with van der Waals surface area (Å²) in [5, 5.41) is 4.07. The van der Waals surface area contributed by atoms with Gasteiger partial charge in [-0.15, -0.1) is 0 Å². The van der Waals surface area contributed by atoms with Crippen LogP contribution in [-0.4, -0.2) is 24.7 Å². The first kappa shape index (κ1) is 12.8. The van der Waals surface area contributed by atoms with Gasteiger partial charge in [-0.05, 0) is 13.0 Å². The second-order valence-corrected chi connectivity index (χ2v) is 4.26. The minimum Gasteiger partial charge on any atom is -0.383 e. The predicted octanol–water partition coefficient (Wildman–Crippen LogP) is 3.49. The van der Waals surface area contributed by atoms with Crippen LogP contribution in [0.2, 0.25) is 15.2 Å². The highest BCUT2D eigenvalue weighted by molar-refractivity contribution is 6.42. The molecule has 1 rings (SSSR count). The first-order valence-electron chi connectivity index (χ1n) is 4.31. The molecule has 15 heavy (non-hydrogen) atoms. The average molecular weight is 270 g/mol. The Morgan fingerprint density at radius 3 is 2.67 bits per heavy atom. The minimum atomic E-state index is 0.0947. The third-order valence-electron chi connectivity index (χ3n) is 1.69. The molecule has 0 spiro atoms. The smallest absolute Gasteiger partial charge is 0.150 e. The number of nitrogens with one attached hydrogen (secondary N) is 1. The highest BCUT2D eigenvalue weighted by Gasteiger charge is 2.10. The highest BCUT2D eigenvalue weighted by Crippen LogP contribution is 2.29. The molecule has 0 saturated heterocycles. The summed E-state index contributed by atoms with van der Waals surface area (Å²) in [6.45, 7) is 2.50. The van der Waals surface area contributed by atoms with E-state index in [-0.39, 0.29) is 11.2 Å². The Kier molecular flexibility index (Phi) is 4.93. The number of hydrogen-bond acceptors (Lipinski definition) is 3. The standard InChI is InChI=1S/C9H11Cl3N2O/c1-5(4-15-2)13-9-7(11)3-6(10)8(12)14-9/h3,5H,4H2,1-2H3,(H,13,14). The first-order valence-corrected chi connectivity index (χ1v) is 5.45. The van der Waals surface area contributed by atoms with Crippen molar-refractivity contribution in [3.8, 4) is 0 Å². The second-order valence-electron chi connectivity index (χ2n) is 3.09. The SMILES string of the molecule is COCC(C)Nc1nc(Cl)c(Cl)cc1Cl. The van der Waals surface area contributed by atoms with E-state index in [9.17, 15) is 0 Å². The number of nitrogens with zero attached hydrogens (tertiary/aromatic N) is 1. The van der Waals surface area contributed by atoms with Crippen molar-refractivity contribution in [2.24, 2.45) is 0 Å². The van der Waals surface area contributed by atoms with Gasteiger partial charge < -0.3 is 10.1 Å². The Morgan fingerprint density at radius 2 is 2.07 bits per heavy atom. The van der Waals surface area contributed by atoms with Gasteiger partial charge in [-0.3, -0.25) is 0 Å². The normalized spacial score (nSPS) is 12.6. The molecule has 1 aromatic heterocycles. The van der Waals surface area contributed by atoms with Gasteiger partial charge in [0.25, 0.3) is 0 Å². The van der Waals surface area contributed by atoms with Gasteiger partial charge >= 0.3 is 0 Å². The molecule has 1 unspecified atom stereocenters. The van der Waals surface area contributed by atoms with Crippen LogP contribution in [0.15, 0.2) is 6.07 Å². The molecule has 0 saturated carbocycles. The van der Waals surface area contributed by atoms with E-state index in [1.807, 2.05) is 6.92 Å². The van der Waals surface area contributed by atoms with Crippen molar-refractivity contribution >= 4 is 40.6 Å². The van der Waals surface area contributed by atoms with Crippen molar-refractivity contribution in [2.75, 3.05) is 19.0 Å². The maximum atomic E-state index is 5.94. The Labute approximate surface area is 104 Å². The number of halogens is 3. The molecule has 6 heteroatoms. The van der Waals surface area contributed by atoms with Gasteiger partial charge in [0.15, 0.2) is 0 Å². The quantitative estimate of drug-likeness (QED) is 0.850. The van der Waals surface area contributed by atoms with E-state index in [0.29, 0.717) is 22.5 Å². The second kappa shape index (κ2) is 5.75. The molecule has 1 atom stereocenters. The number of anilines is 1. The molecular weight excluding hydrogens is 258 g/mol. The Balaban J connectivity index is 2.81. The summed E-state index contributed by atoms with van der Waals surface area (Å²) in [4.78, 5) is 4.03. The third kappa shape index (κ3) is 3.68. The maximum absolute atomic E-state index is 5.94. The van der Waals surface area contributed by atoms with Crippen molar-refractivity contribution in [1.82, 2.24) is 4.98 Å². The average Bonchev–Trinajstić information content (AvgIpc) is 2.14. The molecule has 1 N–H and O–H groups in total. The van der Waals surface area contributed by atoms with E-state index in [4.69, 9.17) is 39.5 Å². The fourth-order valence-corrected chi connectivity index (χ4v) is 1.62. The molecule has 84 valence electrons. The zero-order chi connectivity index (χ0) is 11.4. The lowest BCUT2D eigenvalue weighted by atomic mass is 10.3. The molecule has 0 fully saturated rings. The molecule has 0 aliphatic carbocycles. The van der Waals surface area contributed by atoms with E-state index in [2.05, 4.69) is 10.3 Å². The van der Waals surface area contributed by atoms with Crippen LogP contribution in [0.5, 0.6) is 0 Å². The van der Waals surface area contributed by atoms with Crippen LogP contribution in [-0.2, 0) is 4.74 Å². The van der Waals surface area contributed by atoms with Crippen LogP contribution in [0.1, 0.15) is 6.92 Å². The summed E-state index contributed by atoms with van der Waals surface area (Å²) < 4.78 is 4.98. The van der Waals surface area contributed by atoms with Crippen LogP contribution in [0.4, 0.5) is 5.82 Å². The summed E-state index contributed by atoms with van der Waals surface area (Å²) >= 11 is 17.5. The molecule has 0 amide bonds. The lowest BCUT2D eigenvalue weighted by Crippen LogP contribution is -2.21. The van der Waals surface area contributed by atoms with E-state index < -0.39 is 0 Å². The Bertz CT molecular complexity index is 346. The largest absolute Gasteiger partial charge is 0.383 e. The summed E-state index contributed by atoms with van der Waals surface area (Å²) in [5.41, 5.74) is 0. The lowest BCUT2D eigenvalue weighted by Gasteiger charge is -2.14. The van der Waals surface area contributed by atoms with Gasteiger partial charge in [-0.25, -0.2) is 4.98 Å². The molecule has 0 aromatic carbocycles. The number of rotatable bonds is 4. The van der Waals surface area contributed by atoms with Crippen molar-refractivity contribution in [2.45, 2.75) is 13.0 Å². The molecule has 1 aromatic rings. The zero-order valence-electron chi connectivity index (χ0n) is 8.35. The van der Waals surface area contributed by atoms with E-state index in [0.717, 1.165) is 0 Å². The van der Waals surface area contributed by atoms with Gasteiger partial charge in [-0.1, -0.05) is 34.8 Å². The van der Waals surface area contributed by atoms with Crippen LogP contribution < -0.4 is 5.32 Å². The fourth-order valence-electron chi connectivity index (χ4n) is 1.07. The number of ether oxygens (including phenoxy) is 1. The van der Waals surface area contributed by atoms with Crippen molar-refractivity contribution in [1.29, 1.82) is 0 Å². The van der Waals surface area contributed by atoms with Crippen molar-refractivity contribution in [3.63, 3.8) is 0 Å².